The Kier molecular flexibility index (Phi) is 5.23. The summed E-state index contributed by atoms with van der Waals surface area (Å²) in [6.45, 7) is 4.84. The quantitative estimate of drug-likeness (QED) is 0.747. The van der Waals surface area contributed by atoms with Crippen LogP contribution in [0.4, 0.5) is 5.69 Å². The van der Waals surface area contributed by atoms with E-state index in [-0.39, 0.29) is 5.91 Å². The zero-order valence-electron chi connectivity index (χ0n) is 14.6. The third kappa shape index (κ3) is 3.94. The average molecular weight is 334 g/mol. The lowest BCUT2D eigenvalue weighted by Crippen LogP contribution is -2.15. The summed E-state index contributed by atoms with van der Waals surface area (Å²) in [5.41, 5.74) is 5.00. The summed E-state index contributed by atoms with van der Waals surface area (Å²) in [6, 6.07) is 13.8. The van der Waals surface area contributed by atoms with Gasteiger partial charge in [0, 0.05) is 11.3 Å². The van der Waals surface area contributed by atoms with Gasteiger partial charge in [0.25, 0.3) is 5.91 Å². The second-order valence-corrected chi connectivity index (χ2v) is 5.90. The van der Waals surface area contributed by atoms with Crippen LogP contribution in [0.1, 0.15) is 40.9 Å². The monoisotopic (exact) mass is 334 g/mol. The predicted octanol–water partition coefficient (Wildman–Crippen LogP) is 3.70. The first kappa shape index (κ1) is 16.9. The molecule has 1 heterocycles. The molecular formula is C20H22N4O. The number of carbonyl (C=O) groups excluding carboxylic acids is 1. The Hall–Kier alpha value is -2.95. The number of nitrogens with one attached hydrogen (secondary N) is 1. The minimum Gasteiger partial charge on any atom is -0.321 e. The summed E-state index contributed by atoms with van der Waals surface area (Å²) >= 11 is 0. The fraction of sp³-hybridized carbons (Fsp3) is 0.250. The lowest BCUT2D eigenvalue weighted by molar-refractivity contribution is 0.102. The highest BCUT2D eigenvalue weighted by Gasteiger charge is 2.11. The molecule has 1 amide bonds. The number of rotatable bonds is 6. The van der Waals surface area contributed by atoms with Crippen LogP contribution in [0, 0.1) is 0 Å². The van der Waals surface area contributed by atoms with Crippen molar-refractivity contribution in [3.63, 3.8) is 0 Å². The molecule has 3 rings (SSSR count). The Morgan fingerprint density at radius 2 is 1.72 bits per heavy atom. The van der Waals surface area contributed by atoms with Gasteiger partial charge in [-0.3, -0.25) is 4.79 Å². The van der Waals surface area contributed by atoms with E-state index in [4.69, 9.17) is 0 Å². The summed E-state index contributed by atoms with van der Waals surface area (Å²) < 4.78 is 1.75. The third-order valence-corrected chi connectivity index (χ3v) is 4.26. The number of aromatic nitrogens is 3. The maximum Gasteiger partial charge on any atom is 0.255 e. The standard InChI is InChI=1S/C20H22N4O/c1-3-16-6-5-7-17(4-2)19(16)23-20(25)18-10-8-15(9-11-18)12-24-14-21-13-22-24/h5-11,13-14H,3-4,12H2,1-2H3,(H,23,25). The van der Waals surface area contributed by atoms with Crippen molar-refractivity contribution in [3.05, 3.63) is 77.4 Å². The molecule has 0 saturated heterocycles. The Labute approximate surface area is 147 Å². The van der Waals surface area contributed by atoms with E-state index >= 15 is 0 Å². The summed E-state index contributed by atoms with van der Waals surface area (Å²) in [7, 11) is 0. The molecule has 1 N–H and O–H groups in total. The van der Waals surface area contributed by atoms with Gasteiger partial charge >= 0.3 is 0 Å². The Morgan fingerprint density at radius 1 is 1.04 bits per heavy atom. The highest BCUT2D eigenvalue weighted by atomic mass is 16.1. The van der Waals surface area contributed by atoms with Crippen LogP contribution in [0.5, 0.6) is 0 Å². The van der Waals surface area contributed by atoms with Crippen molar-refractivity contribution in [3.8, 4) is 0 Å². The van der Waals surface area contributed by atoms with E-state index < -0.39 is 0 Å². The zero-order chi connectivity index (χ0) is 17.6. The van der Waals surface area contributed by atoms with Crippen LogP contribution in [-0.2, 0) is 19.4 Å². The van der Waals surface area contributed by atoms with Crippen molar-refractivity contribution in [1.29, 1.82) is 0 Å². The zero-order valence-corrected chi connectivity index (χ0v) is 14.6. The molecule has 25 heavy (non-hydrogen) atoms. The molecule has 0 radical (unpaired) electrons. The fourth-order valence-corrected chi connectivity index (χ4v) is 2.85. The van der Waals surface area contributed by atoms with Gasteiger partial charge in [0.2, 0.25) is 0 Å². The number of nitrogens with zero attached hydrogens (tertiary/aromatic N) is 3. The normalized spacial score (nSPS) is 10.6. The molecule has 5 nitrogen and oxygen atoms in total. The smallest absolute Gasteiger partial charge is 0.255 e. The number of carbonyl (C=O) groups is 1. The van der Waals surface area contributed by atoms with Crippen molar-refractivity contribution in [2.24, 2.45) is 0 Å². The van der Waals surface area contributed by atoms with Gasteiger partial charge in [-0.15, -0.1) is 0 Å². The topological polar surface area (TPSA) is 59.8 Å². The Bertz CT molecular complexity index is 816. The van der Waals surface area contributed by atoms with Crippen LogP contribution in [0.15, 0.2) is 55.1 Å². The van der Waals surface area contributed by atoms with Gasteiger partial charge in [0.15, 0.2) is 0 Å². The summed E-state index contributed by atoms with van der Waals surface area (Å²) in [5.74, 6) is -0.0806. The predicted molar refractivity (Wildman–Crippen MR) is 98.7 cm³/mol. The van der Waals surface area contributed by atoms with E-state index in [1.165, 1.54) is 6.33 Å². The second-order valence-electron chi connectivity index (χ2n) is 5.90. The molecule has 0 aliphatic rings. The average Bonchev–Trinajstić information content (AvgIpc) is 3.15. The van der Waals surface area contributed by atoms with Crippen molar-refractivity contribution < 1.29 is 4.79 Å². The van der Waals surface area contributed by atoms with Crippen LogP contribution in [0.2, 0.25) is 0 Å². The van der Waals surface area contributed by atoms with Gasteiger partial charge in [-0.2, -0.15) is 5.10 Å². The van der Waals surface area contributed by atoms with Crippen LogP contribution < -0.4 is 5.32 Å². The second kappa shape index (κ2) is 7.75. The summed E-state index contributed by atoms with van der Waals surface area (Å²) in [5, 5.41) is 7.19. The van der Waals surface area contributed by atoms with Crippen molar-refractivity contribution in [1.82, 2.24) is 14.8 Å². The molecule has 0 aliphatic carbocycles. The molecule has 128 valence electrons. The first-order valence-corrected chi connectivity index (χ1v) is 8.54. The van der Waals surface area contributed by atoms with Gasteiger partial charge in [-0.1, -0.05) is 44.2 Å². The van der Waals surface area contributed by atoms with Crippen molar-refractivity contribution in [2.75, 3.05) is 5.32 Å². The Balaban J connectivity index is 1.75. The van der Waals surface area contributed by atoms with Gasteiger partial charge < -0.3 is 5.32 Å². The number of amides is 1. The maximum atomic E-state index is 12.6. The van der Waals surface area contributed by atoms with Crippen LogP contribution >= 0.6 is 0 Å². The van der Waals surface area contributed by atoms with Gasteiger partial charge in [0.05, 0.1) is 6.54 Å². The number of anilines is 1. The van der Waals surface area contributed by atoms with Gasteiger partial charge in [-0.05, 0) is 41.7 Å². The van der Waals surface area contributed by atoms with E-state index in [1.54, 1.807) is 11.0 Å². The summed E-state index contributed by atoms with van der Waals surface area (Å²) in [4.78, 5) is 16.6. The highest BCUT2D eigenvalue weighted by Crippen LogP contribution is 2.23. The SMILES string of the molecule is CCc1cccc(CC)c1NC(=O)c1ccc(Cn2cncn2)cc1. The molecule has 0 bridgehead atoms. The molecule has 5 heteroatoms. The van der Waals surface area contributed by atoms with Crippen LogP contribution in [-0.4, -0.2) is 20.7 Å². The van der Waals surface area contributed by atoms with Crippen LogP contribution in [0.25, 0.3) is 0 Å². The van der Waals surface area contributed by atoms with Crippen molar-refractivity contribution in [2.45, 2.75) is 33.2 Å². The van der Waals surface area contributed by atoms with E-state index in [0.717, 1.165) is 35.2 Å². The number of benzene rings is 2. The molecule has 3 aromatic rings. The van der Waals surface area contributed by atoms with E-state index in [0.29, 0.717) is 12.1 Å². The van der Waals surface area contributed by atoms with E-state index in [2.05, 4.69) is 41.4 Å². The Morgan fingerprint density at radius 3 is 2.28 bits per heavy atom. The molecule has 0 unspecified atom stereocenters. The van der Waals surface area contributed by atoms with E-state index in [1.807, 2.05) is 30.3 Å². The fourth-order valence-electron chi connectivity index (χ4n) is 2.85. The third-order valence-electron chi connectivity index (χ3n) is 4.26. The molecule has 0 saturated carbocycles. The molecule has 2 aromatic carbocycles. The molecular weight excluding hydrogens is 312 g/mol. The maximum absolute atomic E-state index is 12.6. The lowest BCUT2D eigenvalue weighted by Gasteiger charge is -2.14. The first-order chi connectivity index (χ1) is 12.2. The molecule has 1 aromatic heterocycles. The molecule has 0 aliphatic heterocycles. The molecule has 0 atom stereocenters. The molecule has 0 fully saturated rings. The number of hydrogen-bond donors (Lipinski definition) is 1. The minimum absolute atomic E-state index is 0.0806. The number of aryl methyl sites for hydroxylation is 2. The molecule has 0 spiro atoms. The van der Waals surface area contributed by atoms with Gasteiger partial charge in [-0.25, -0.2) is 9.67 Å². The lowest BCUT2D eigenvalue weighted by atomic mass is 10.0. The largest absolute Gasteiger partial charge is 0.321 e. The summed E-state index contributed by atoms with van der Waals surface area (Å²) in [6.07, 6.45) is 4.97. The van der Waals surface area contributed by atoms with Gasteiger partial charge in [0.1, 0.15) is 12.7 Å². The van der Waals surface area contributed by atoms with Crippen LogP contribution in [0.3, 0.4) is 0 Å². The number of para-hydroxylation sites is 1. The minimum atomic E-state index is -0.0806. The van der Waals surface area contributed by atoms with E-state index in [9.17, 15) is 4.79 Å². The number of hydrogen-bond acceptors (Lipinski definition) is 3. The van der Waals surface area contributed by atoms with Crippen molar-refractivity contribution >= 4 is 11.6 Å². The first-order valence-electron chi connectivity index (χ1n) is 8.54. The highest BCUT2D eigenvalue weighted by molar-refractivity contribution is 6.05.